The highest BCUT2D eigenvalue weighted by Gasteiger charge is 2.16. The Labute approximate surface area is 152 Å². The number of pyridine rings is 3. The van der Waals surface area contributed by atoms with Gasteiger partial charge in [-0.3, -0.25) is 15.0 Å². The van der Waals surface area contributed by atoms with Crippen LogP contribution in [0.2, 0.25) is 0 Å². The van der Waals surface area contributed by atoms with Crippen molar-refractivity contribution in [3.63, 3.8) is 0 Å². The molecule has 0 bridgehead atoms. The van der Waals surface area contributed by atoms with Crippen LogP contribution < -0.4 is 4.74 Å². The minimum atomic E-state index is 0.817. The molecule has 0 spiro atoms. The van der Waals surface area contributed by atoms with E-state index in [1.807, 2.05) is 72.9 Å². The van der Waals surface area contributed by atoms with E-state index in [1.54, 1.807) is 19.5 Å². The molecule has 3 aromatic heterocycles. The molecule has 4 nitrogen and oxygen atoms in total. The van der Waals surface area contributed by atoms with E-state index in [0.717, 1.165) is 39.5 Å². The van der Waals surface area contributed by atoms with E-state index in [9.17, 15) is 0 Å². The van der Waals surface area contributed by atoms with E-state index in [1.165, 1.54) is 0 Å². The van der Waals surface area contributed by atoms with Crippen LogP contribution in [-0.2, 0) is 0 Å². The summed E-state index contributed by atoms with van der Waals surface area (Å²) in [7, 11) is 1.67. The molecule has 4 heteroatoms. The number of benzene rings is 1. The first-order valence-electron chi connectivity index (χ1n) is 8.33. The molecule has 0 saturated heterocycles. The lowest BCUT2D eigenvalue weighted by atomic mass is 9.95. The summed E-state index contributed by atoms with van der Waals surface area (Å²) in [6.45, 7) is 0. The minimum Gasteiger partial charge on any atom is -0.497 e. The van der Waals surface area contributed by atoms with Gasteiger partial charge in [-0.25, -0.2) is 0 Å². The average Bonchev–Trinajstić information content (AvgIpc) is 2.74. The Morgan fingerprint density at radius 3 is 1.96 bits per heavy atom. The lowest BCUT2D eigenvalue weighted by Crippen LogP contribution is -1.96. The van der Waals surface area contributed by atoms with Crippen molar-refractivity contribution >= 4 is 0 Å². The summed E-state index contributed by atoms with van der Waals surface area (Å²) in [4.78, 5) is 13.7. The highest BCUT2D eigenvalue weighted by Crippen LogP contribution is 2.37. The molecule has 0 fully saturated rings. The van der Waals surface area contributed by atoms with Crippen LogP contribution in [-0.4, -0.2) is 22.1 Å². The maximum atomic E-state index is 5.28. The van der Waals surface area contributed by atoms with Crippen molar-refractivity contribution in [2.75, 3.05) is 7.11 Å². The van der Waals surface area contributed by atoms with Gasteiger partial charge in [0, 0.05) is 24.2 Å². The molecular weight excluding hydrogens is 322 g/mol. The van der Waals surface area contributed by atoms with E-state index in [2.05, 4.69) is 15.0 Å². The fourth-order valence-electron chi connectivity index (χ4n) is 2.94. The molecule has 1 aromatic carbocycles. The molecule has 0 unspecified atom stereocenters. The van der Waals surface area contributed by atoms with Gasteiger partial charge in [-0.05, 0) is 53.6 Å². The number of aromatic nitrogens is 3. The average molecular weight is 339 g/mol. The van der Waals surface area contributed by atoms with Gasteiger partial charge in [-0.15, -0.1) is 0 Å². The summed E-state index contributed by atoms with van der Waals surface area (Å²) in [5, 5.41) is 0. The molecule has 0 atom stereocenters. The lowest BCUT2D eigenvalue weighted by molar-refractivity contribution is 0.415. The zero-order chi connectivity index (χ0) is 17.8. The summed E-state index contributed by atoms with van der Waals surface area (Å²) in [6, 6.07) is 21.7. The molecule has 0 aliphatic carbocycles. The first kappa shape index (κ1) is 16.0. The second kappa shape index (κ2) is 7.15. The molecule has 0 saturated carbocycles. The third-order valence-corrected chi connectivity index (χ3v) is 4.18. The van der Waals surface area contributed by atoms with Gasteiger partial charge in [0.2, 0.25) is 0 Å². The van der Waals surface area contributed by atoms with Gasteiger partial charge in [0.15, 0.2) is 0 Å². The Morgan fingerprint density at radius 1 is 0.654 bits per heavy atom. The van der Waals surface area contributed by atoms with Gasteiger partial charge in [0.1, 0.15) is 5.75 Å². The predicted molar refractivity (Wildman–Crippen MR) is 103 cm³/mol. The molecule has 3 heterocycles. The lowest BCUT2D eigenvalue weighted by Gasteiger charge is -2.14. The van der Waals surface area contributed by atoms with Crippen molar-refractivity contribution in [3.8, 4) is 39.5 Å². The van der Waals surface area contributed by atoms with Gasteiger partial charge in [-0.1, -0.05) is 24.3 Å². The molecular formula is C22H17N3O. The Balaban J connectivity index is 1.97. The fourth-order valence-corrected chi connectivity index (χ4v) is 2.94. The number of methoxy groups -OCH3 is 1. The largest absolute Gasteiger partial charge is 0.497 e. The van der Waals surface area contributed by atoms with Crippen LogP contribution in [0.3, 0.4) is 0 Å². The SMILES string of the molecule is COc1ccc(-c2ccnc(-c3ccccn3)c2-c2ccccn2)cc1. The minimum absolute atomic E-state index is 0.817. The highest BCUT2D eigenvalue weighted by atomic mass is 16.5. The number of hydrogen-bond acceptors (Lipinski definition) is 4. The smallest absolute Gasteiger partial charge is 0.118 e. The molecule has 4 aromatic rings. The normalized spacial score (nSPS) is 10.5. The molecule has 0 aliphatic heterocycles. The highest BCUT2D eigenvalue weighted by molar-refractivity contribution is 5.90. The Kier molecular flexibility index (Phi) is 4.39. The summed E-state index contributed by atoms with van der Waals surface area (Å²) < 4.78 is 5.28. The molecule has 0 radical (unpaired) electrons. The van der Waals surface area contributed by atoms with Crippen molar-refractivity contribution < 1.29 is 4.74 Å². The quantitative estimate of drug-likeness (QED) is 0.531. The second-order valence-electron chi connectivity index (χ2n) is 5.74. The van der Waals surface area contributed by atoms with Crippen LogP contribution in [0.1, 0.15) is 0 Å². The van der Waals surface area contributed by atoms with Crippen molar-refractivity contribution in [1.82, 2.24) is 15.0 Å². The Morgan fingerprint density at radius 2 is 1.35 bits per heavy atom. The van der Waals surface area contributed by atoms with E-state index in [4.69, 9.17) is 4.74 Å². The van der Waals surface area contributed by atoms with Crippen LogP contribution in [0.25, 0.3) is 33.8 Å². The maximum absolute atomic E-state index is 5.28. The van der Waals surface area contributed by atoms with Crippen molar-refractivity contribution in [2.45, 2.75) is 0 Å². The van der Waals surface area contributed by atoms with Gasteiger partial charge >= 0.3 is 0 Å². The summed E-state index contributed by atoms with van der Waals surface area (Å²) in [5.41, 5.74) is 5.61. The molecule has 126 valence electrons. The van der Waals surface area contributed by atoms with Crippen LogP contribution >= 0.6 is 0 Å². The van der Waals surface area contributed by atoms with E-state index < -0.39 is 0 Å². The van der Waals surface area contributed by atoms with Gasteiger partial charge in [0.05, 0.1) is 24.2 Å². The zero-order valence-corrected chi connectivity index (χ0v) is 14.3. The van der Waals surface area contributed by atoms with Crippen molar-refractivity contribution in [1.29, 1.82) is 0 Å². The summed E-state index contributed by atoms with van der Waals surface area (Å²) >= 11 is 0. The number of hydrogen-bond donors (Lipinski definition) is 0. The van der Waals surface area contributed by atoms with Gasteiger partial charge in [-0.2, -0.15) is 0 Å². The van der Waals surface area contributed by atoms with E-state index in [0.29, 0.717) is 0 Å². The molecule has 26 heavy (non-hydrogen) atoms. The summed E-state index contributed by atoms with van der Waals surface area (Å²) in [5.74, 6) is 0.826. The second-order valence-corrected chi connectivity index (χ2v) is 5.74. The summed E-state index contributed by atoms with van der Waals surface area (Å²) in [6.07, 6.45) is 5.39. The van der Waals surface area contributed by atoms with E-state index in [-0.39, 0.29) is 0 Å². The van der Waals surface area contributed by atoms with Gasteiger partial charge in [0.25, 0.3) is 0 Å². The van der Waals surface area contributed by atoms with Crippen LogP contribution in [0.4, 0.5) is 0 Å². The Bertz CT molecular complexity index is 1000. The van der Waals surface area contributed by atoms with Crippen LogP contribution in [0, 0.1) is 0 Å². The van der Waals surface area contributed by atoms with Gasteiger partial charge < -0.3 is 4.74 Å². The number of rotatable bonds is 4. The van der Waals surface area contributed by atoms with Crippen LogP contribution in [0.5, 0.6) is 5.75 Å². The zero-order valence-electron chi connectivity index (χ0n) is 14.3. The Hall–Kier alpha value is -3.53. The topological polar surface area (TPSA) is 47.9 Å². The number of nitrogens with zero attached hydrogens (tertiary/aromatic N) is 3. The predicted octanol–water partition coefficient (Wildman–Crippen LogP) is 4.88. The monoisotopic (exact) mass is 339 g/mol. The van der Waals surface area contributed by atoms with Crippen molar-refractivity contribution in [3.05, 3.63) is 85.3 Å². The first-order valence-corrected chi connectivity index (χ1v) is 8.33. The fraction of sp³-hybridized carbons (Fsp3) is 0.0455. The third-order valence-electron chi connectivity index (χ3n) is 4.18. The van der Waals surface area contributed by atoms with Crippen molar-refractivity contribution in [2.24, 2.45) is 0 Å². The number of ether oxygens (including phenoxy) is 1. The molecule has 0 N–H and O–H groups in total. The van der Waals surface area contributed by atoms with Crippen LogP contribution in [0.15, 0.2) is 85.3 Å². The van der Waals surface area contributed by atoms with E-state index >= 15 is 0 Å². The molecule has 0 amide bonds. The molecule has 0 aliphatic rings. The first-order chi connectivity index (χ1) is 12.9. The standard InChI is InChI=1S/C22H17N3O/c1-26-17-10-8-16(9-11-17)18-12-15-25-22(20-7-3-5-14-24-20)21(18)19-6-2-4-13-23-19/h2-15H,1H3. The maximum Gasteiger partial charge on any atom is 0.118 e. The third kappa shape index (κ3) is 3.05. The molecule has 4 rings (SSSR count).